The average molecular weight is 289 g/mol. The molecule has 0 aliphatic heterocycles. The minimum atomic E-state index is -0.443. The van der Waals surface area contributed by atoms with Crippen LogP contribution in [0.25, 0.3) is 0 Å². The smallest absolute Gasteiger partial charge is 0.263 e. The molecule has 0 heterocycles. The van der Waals surface area contributed by atoms with Crippen molar-refractivity contribution in [1.29, 1.82) is 5.26 Å². The van der Waals surface area contributed by atoms with E-state index in [1.54, 1.807) is 36.2 Å². The molecule has 1 rings (SSSR count). The first-order valence-electron chi connectivity index (χ1n) is 6.56. The van der Waals surface area contributed by atoms with Gasteiger partial charge in [-0.15, -0.1) is 0 Å². The number of carbonyl (C=O) groups excluding carboxylic acids is 1. The third-order valence-corrected chi connectivity index (χ3v) is 2.80. The van der Waals surface area contributed by atoms with Crippen LogP contribution in [-0.2, 0) is 11.2 Å². The molecule has 0 saturated heterocycles. The molecule has 112 valence electrons. The number of likely N-dealkylation sites (N-methyl/N-ethyl adjacent to an activating group) is 1. The summed E-state index contributed by atoms with van der Waals surface area (Å²) in [6.45, 7) is 0.701. The fourth-order valence-corrected chi connectivity index (χ4v) is 1.66. The SMILES string of the molecule is CN(/C=C(/C#N)C(=O)NCCc1ccc(O)cc1)CCO. The Hall–Kier alpha value is -2.52. The van der Waals surface area contributed by atoms with Crippen molar-refractivity contribution in [1.82, 2.24) is 10.2 Å². The van der Waals surface area contributed by atoms with Crippen LogP contribution in [-0.4, -0.2) is 47.8 Å². The highest BCUT2D eigenvalue weighted by Crippen LogP contribution is 2.09. The molecule has 0 atom stereocenters. The van der Waals surface area contributed by atoms with Crippen LogP contribution in [0.3, 0.4) is 0 Å². The van der Waals surface area contributed by atoms with Crippen molar-refractivity contribution in [2.24, 2.45) is 0 Å². The Bertz CT molecular complexity index is 532. The molecule has 1 amide bonds. The van der Waals surface area contributed by atoms with Crippen molar-refractivity contribution in [2.75, 3.05) is 26.7 Å². The van der Waals surface area contributed by atoms with Gasteiger partial charge in [0.15, 0.2) is 0 Å². The van der Waals surface area contributed by atoms with Gasteiger partial charge in [0.05, 0.1) is 6.61 Å². The van der Waals surface area contributed by atoms with E-state index in [0.29, 0.717) is 19.5 Å². The van der Waals surface area contributed by atoms with Gasteiger partial charge in [-0.2, -0.15) is 5.26 Å². The minimum Gasteiger partial charge on any atom is -0.508 e. The van der Waals surface area contributed by atoms with Gasteiger partial charge in [0.25, 0.3) is 5.91 Å². The molecule has 0 aliphatic carbocycles. The summed E-state index contributed by atoms with van der Waals surface area (Å²) in [7, 11) is 1.68. The van der Waals surface area contributed by atoms with Gasteiger partial charge in [-0.3, -0.25) is 4.79 Å². The first-order valence-corrected chi connectivity index (χ1v) is 6.56. The number of nitriles is 1. The van der Waals surface area contributed by atoms with Crippen LogP contribution in [0, 0.1) is 11.3 Å². The van der Waals surface area contributed by atoms with Crippen molar-refractivity contribution >= 4 is 5.91 Å². The lowest BCUT2D eigenvalue weighted by molar-refractivity contribution is -0.117. The van der Waals surface area contributed by atoms with Crippen LogP contribution < -0.4 is 5.32 Å². The Kier molecular flexibility index (Phi) is 6.78. The quantitative estimate of drug-likeness (QED) is 0.498. The number of hydrogen-bond acceptors (Lipinski definition) is 5. The van der Waals surface area contributed by atoms with Crippen molar-refractivity contribution < 1.29 is 15.0 Å². The fourth-order valence-electron chi connectivity index (χ4n) is 1.66. The molecule has 0 saturated carbocycles. The topological polar surface area (TPSA) is 96.6 Å². The van der Waals surface area contributed by atoms with Gasteiger partial charge >= 0.3 is 0 Å². The number of aliphatic hydroxyl groups is 1. The van der Waals surface area contributed by atoms with Crippen LogP contribution in [0.15, 0.2) is 36.0 Å². The zero-order chi connectivity index (χ0) is 15.7. The Labute approximate surface area is 123 Å². The third kappa shape index (κ3) is 5.97. The van der Waals surface area contributed by atoms with Crippen LogP contribution in [0.5, 0.6) is 5.75 Å². The maximum atomic E-state index is 11.8. The number of aromatic hydroxyl groups is 1. The van der Waals surface area contributed by atoms with Crippen molar-refractivity contribution in [3.05, 3.63) is 41.6 Å². The Morgan fingerprint density at radius 3 is 2.67 bits per heavy atom. The van der Waals surface area contributed by atoms with E-state index in [1.807, 2.05) is 6.07 Å². The number of nitrogens with one attached hydrogen (secondary N) is 1. The molecule has 3 N–H and O–H groups in total. The normalized spacial score (nSPS) is 10.8. The van der Waals surface area contributed by atoms with E-state index < -0.39 is 5.91 Å². The summed E-state index contributed by atoms with van der Waals surface area (Å²) >= 11 is 0. The zero-order valence-corrected chi connectivity index (χ0v) is 11.9. The minimum absolute atomic E-state index is 0.00310. The summed E-state index contributed by atoms with van der Waals surface area (Å²) in [5, 5.41) is 29.6. The third-order valence-electron chi connectivity index (χ3n) is 2.80. The van der Waals surface area contributed by atoms with Gasteiger partial charge in [-0.05, 0) is 24.1 Å². The van der Waals surface area contributed by atoms with E-state index in [4.69, 9.17) is 15.5 Å². The Morgan fingerprint density at radius 1 is 1.43 bits per heavy atom. The second kappa shape index (κ2) is 8.61. The molecule has 0 aliphatic rings. The first-order chi connectivity index (χ1) is 10.1. The zero-order valence-electron chi connectivity index (χ0n) is 11.9. The van der Waals surface area contributed by atoms with E-state index >= 15 is 0 Å². The van der Waals surface area contributed by atoms with Crippen LogP contribution >= 0.6 is 0 Å². The highest BCUT2D eigenvalue weighted by Gasteiger charge is 2.09. The fraction of sp³-hybridized carbons (Fsp3) is 0.333. The molecule has 0 unspecified atom stereocenters. The Morgan fingerprint density at radius 2 is 2.10 bits per heavy atom. The van der Waals surface area contributed by atoms with E-state index in [9.17, 15) is 4.79 Å². The van der Waals surface area contributed by atoms with Crippen LogP contribution in [0.2, 0.25) is 0 Å². The molecule has 0 bridgehead atoms. The molecule has 6 heteroatoms. The van der Waals surface area contributed by atoms with Gasteiger partial charge in [0.2, 0.25) is 0 Å². The lowest BCUT2D eigenvalue weighted by Gasteiger charge is -2.12. The predicted molar refractivity (Wildman–Crippen MR) is 78.2 cm³/mol. The number of nitrogens with zero attached hydrogens (tertiary/aromatic N) is 2. The van der Waals surface area contributed by atoms with E-state index in [1.165, 1.54) is 6.20 Å². The monoisotopic (exact) mass is 289 g/mol. The molecule has 6 nitrogen and oxygen atoms in total. The number of phenolic OH excluding ortho intramolecular Hbond substituents is 1. The van der Waals surface area contributed by atoms with E-state index in [0.717, 1.165) is 5.56 Å². The first kappa shape index (κ1) is 16.5. The number of aliphatic hydroxyl groups excluding tert-OH is 1. The second-order valence-corrected chi connectivity index (χ2v) is 4.53. The predicted octanol–water partition coefficient (Wildman–Crippen LogP) is 0.382. The summed E-state index contributed by atoms with van der Waals surface area (Å²) < 4.78 is 0. The number of hydrogen-bond donors (Lipinski definition) is 3. The average Bonchev–Trinajstić information content (AvgIpc) is 2.47. The van der Waals surface area contributed by atoms with Gasteiger partial charge < -0.3 is 20.4 Å². The van der Waals surface area contributed by atoms with Crippen molar-refractivity contribution in [3.8, 4) is 11.8 Å². The highest BCUT2D eigenvalue weighted by molar-refractivity contribution is 5.97. The maximum absolute atomic E-state index is 11.8. The molecule has 0 spiro atoms. The van der Waals surface area contributed by atoms with E-state index in [2.05, 4.69) is 5.32 Å². The molecule has 1 aromatic carbocycles. The standard InChI is InChI=1S/C15H19N3O3/c1-18(8-9-19)11-13(10-16)15(21)17-7-6-12-2-4-14(20)5-3-12/h2-5,11,19-20H,6-9H2,1H3,(H,17,21)/b13-11-. The van der Waals surface area contributed by atoms with Crippen LogP contribution in [0.1, 0.15) is 5.56 Å². The summed E-state index contributed by atoms with van der Waals surface area (Å²) in [6.07, 6.45) is 2.02. The van der Waals surface area contributed by atoms with Gasteiger partial charge in [-0.25, -0.2) is 0 Å². The number of carbonyl (C=O) groups is 1. The lowest BCUT2D eigenvalue weighted by Crippen LogP contribution is -2.28. The van der Waals surface area contributed by atoms with Crippen molar-refractivity contribution in [2.45, 2.75) is 6.42 Å². The Balaban J connectivity index is 2.48. The molecule has 21 heavy (non-hydrogen) atoms. The van der Waals surface area contributed by atoms with Crippen LogP contribution in [0.4, 0.5) is 0 Å². The molecular formula is C15H19N3O3. The summed E-state index contributed by atoms with van der Waals surface area (Å²) in [5.74, 6) is -0.245. The molecular weight excluding hydrogens is 270 g/mol. The van der Waals surface area contributed by atoms with Crippen molar-refractivity contribution in [3.63, 3.8) is 0 Å². The van der Waals surface area contributed by atoms with Gasteiger partial charge in [-0.1, -0.05) is 12.1 Å². The molecule has 0 radical (unpaired) electrons. The summed E-state index contributed by atoms with van der Waals surface area (Å²) in [4.78, 5) is 13.4. The maximum Gasteiger partial charge on any atom is 0.263 e. The van der Waals surface area contributed by atoms with E-state index in [-0.39, 0.29) is 17.9 Å². The largest absolute Gasteiger partial charge is 0.508 e. The number of amides is 1. The summed E-state index contributed by atoms with van der Waals surface area (Å²) in [5.41, 5.74) is 0.977. The lowest BCUT2D eigenvalue weighted by atomic mass is 10.1. The molecule has 0 aromatic heterocycles. The van der Waals surface area contributed by atoms with Gasteiger partial charge in [0.1, 0.15) is 17.4 Å². The molecule has 1 aromatic rings. The highest BCUT2D eigenvalue weighted by atomic mass is 16.3. The second-order valence-electron chi connectivity index (χ2n) is 4.53. The number of phenols is 1. The number of benzene rings is 1. The number of rotatable bonds is 7. The molecule has 0 fully saturated rings. The van der Waals surface area contributed by atoms with Gasteiger partial charge in [0, 0.05) is 26.3 Å². The summed E-state index contributed by atoms with van der Waals surface area (Å²) in [6, 6.07) is 8.56.